The van der Waals surface area contributed by atoms with Crippen LogP contribution in [0.15, 0.2) is 16.7 Å². The summed E-state index contributed by atoms with van der Waals surface area (Å²) in [5, 5.41) is 11.3. The predicted octanol–water partition coefficient (Wildman–Crippen LogP) is 3.31. The molecule has 106 valence electrons. The Bertz CT molecular complexity index is 699. The van der Waals surface area contributed by atoms with Crippen LogP contribution >= 0.6 is 0 Å². The Morgan fingerprint density at radius 3 is 2.55 bits per heavy atom. The first kappa shape index (κ1) is 13.9. The molecule has 0 N–H and O–H groups in total. The van der Waals surface area contributed by atoms with E-state index in [0.29, 0.717) is 22.6 Å². The lowest BCUT2D eigenvalue weighted by molar-refractivity contribution is -0.400. The molecule has 2 aromatic rings. The maximum Gasteiger partial charge on any atom is 0.235 e. The van der Waals surface area contributed by atoms with Crippen LogP contribution in [0.2, 0.25) is 0 Å². The SMILES string of the molecule is COc1c(/C=C/[N+](=O)[O-])cc(OC)c2c(C)c(C)oc12. The molecule has 1 aromatic heterocycles. The van der Waals surface area contributed by atoms with Gasteiger partial charge in [-0.3, -0.25) is 10.1 Å². The van der Waals surface area contributed by atoms with Gasteiger partial charge < -0.3 is 13.9 Å². The van der Waals surface area contributed by atoms with Gasteiger partial charge in [0.1, 0.15) is 11.5 Å². The highest BCUT2D eigenvalue weighted by Crippen LogP contribution is 2.41. The van der Waals surface area contributed by atoms with Gasteiger partial charge in [0, 0.05) is 17.2 Å². The van der Waals surface area contributed by atoms with E-state index in [1.807, 2.05) is 13.8 Å². The minimum Gasteiger partial charge on any atom is -0.496 e. The Morgan fingerprint density at radius 2 is 2.00 bits per heavy atom. The summed E-state index contributed by atoms with van der Waals surface area (Å²) in [6.07, 6.45) is 2.21. The van der Waals surface area contributed by atoms with Gasteiger partial charge in [0.05, 0.1) is 24.5 Å². The molecule has 6 heteroatoms. The summed E-state index contributed by atoms with van der Waals surface area (Å²) in [7, 11) is 3.04. The van der Waals surface area contributed by atoms with Gasteiger partial charge in [-0.05, 0) is 19.9 Å². The second kappa shape index (κ2) is 5.24. The molecule has 0 radical (unpaired) electrons. The van der Waals surface area contributed by atoms with Crippen molar-refractivity contribution in [3.63, 3.8) is 0 Å². The van der Waals surface area contributed by atoms with Crippen molar-refractivity contribution >= 4 is 17.0 Å². The third kappa shape index (κ3) is 2.20. The van der Waals surface area contributed by atoms with Gasteiger partial charge in [0.25, 0.3) is 0 Å². The smallest absolute Gasteiger partial charge is 0.235 e. The molecule has 0 aliphatic rings. The first-order valence-corrected chi connectivity index (χ1v) is 5.96. The summed E-state index contributed by atoms with van der Waals surface area (Å²) in [5.41, 5.74) is 2.02. The number of benzene rings is 1. The van der Waals surface area contributed by atoms with Crippen LogP contribution in [0.5, 0.6) is 11.5 Å². The molecule has 20 heavy (non-hydrogen) atoms. The van der Waals surface area contributed by atoms with Gasteiger partial charge in [-0.25, -0.2) is 0 Å². The lowest BCUT2D eigenvalue weighted by Crippen LogP contribution is -1.93. The van der Waals surface area contributed by atoms with Gasteiger partial charge in [-0.15, -0.1) is 0 Å². The van der Waals surface area contributed by atoms with Crippen LogP contribution in [0.4, 0.5) is 0 Å². The van der Waals surface area contributed by atoms with Crippen LogP contribution in [0.1, 0.15) is 16.9 Å². The Morgan fingerprint density at radius 1 is 1.30 bits per heavy atom. The first-order valence-electron chi connectivity index (χ1n) is 5.96. The average Bonchev–Trinajstić information content (AvgIpc) is 2.71. The number of aryl methyl sites for hydroxylation is 2. The third-order valence-corrected chi connectivity index (χ3v) is 3.19. The molecule has 0 amide bonds. The van der Waals surface area contributed by atoms with Gasteiger partial charge in [-0.2, -0.15) is 0 Å². The van der Waals surface area contributed by atoms with Crippen LogP contribution in [-0.2, 0) is 0 Å². The second-order valence-electron chi connectivity index (χ2n) is 4.29. The Kier molecular flexibility index (Phi) is 3.65. The van der Waals surface area contributed by atoms with E-state index in [9.17, 15) is 10.1 Å². The van der Waals surface area contributed by atoms with E-state index >= 15 is 0 Å². The number of methoxy groups -OCH3 is 2. The minimum absolute atomic E-state index is 0.454. The van der Waals surface area contributed by atoms with Crippen LogP contribution in [0.3, 0.4) is 0 Å². The normalized spacial score (nSPS) is 11.2. The molecule has 0 atom stereocenters. The van der Waals surface area contributed by atoms with Crippen molar-refractivity contribution in [2.45, 2.75) is 13.8 Å². The highest BCUT2D eigenvalue weighted by molar-refractivity contribution is 5.95. The van der Waals surface area contributed by atoms with Gasteiger partial charge >= 0.3 is 0 Å². The number of nitro groups is 1. The van der Waals surface area contributed by atoms with E-state index in [-0.39, 0.29) is 0 Å². The van der Waals surface area contributed by atoms with Crippen molar-refractivity contribution in [1.29, 1.82) is 0 Å². The fourth-order valence-corrected chi connectivity index (χ4v) is 2.13. The minimum atomic E-state index is -0.533. The van der Waals surface area contributed by atoms with Crippen molar-refractivity contribution < 1.29 is 18.8 Å². The first-order chi connectivity index (χ1) is 9.49. The van der Waals surface area contributed by atoms with Crippen molar-refractivity contribution in [1.82, 2.24) is 0 Å². The van der Waals surface area contributed by atoms with Gasteiger partial charge in [-0.1, -0.05) is 0 Å². The van der Waals surface area contributed by atoms with E-state index in [2.05, 4.69) is 0 Å². The lowest BCUT2D eigenvalue weighted by Gasteiger charge is -2.09. The fraction of sp³-hybridized carbons (Fsp3) is 0.286. The highest BCUT2D eigenvalue weighted by Gasteiger charge is 2.19. The molecule has 0 spiro atoms. The number of ether oxygens (including phenoxy) is 2. The predicted molar refractivity (Wildman–Crippen MR) is 74.8 cm³/mol. The number of hydrogen-bond acceptors (Lipinski definition) is 5. The summed E-state index contributed by atoms with van der Waals surface area (Å²) in [6, 6.07) is 1.70. The summed E-state index contributed by atoms with van der Waals surface area (Å²) >= 11 is 0. The van der Waals surface area contributed by atoms with E-state index in [1.165, 1.54) is 13.2 Å². The standard InChI is InChI=1S/C14H15NO5/c1-8-9(2)20-14-12(8)11(18-3)7-10(13(14)19-4)5-6-15(16)17/h5-7H,1-4H3/b6-5+. The molecule has 0 aliphatic heterocycles. The number of rotatable bonds is 4. The maximum absolute atomic E-state index is 10.5. The zero-order valence-corrected chi connectivity index (χ0v) is 11.7. The molecule has 2 rings (SSSR count). The van der Waals surface area contributed by atoms with Gasteiger partial charge in [0.2, 0.25) is 6.20 Å². The molecule has 0 saturated carbocycles. The van der Waals surface area contributed by atoms with Crippen LogP contribution in [0, 0.1) is 24.0 Å². The molecular weight excluding hydrogens is 262 g/mol. The third-order valence-electron chi connectivity index (χ3n) is 3.19. The van der Waals surface area contributed by atoms with E-state index < -0.39 is 4.92 Å². The molecule has 6 nitrogen and oxygen atoms in total. The summed E-state index contributed by atoms with van der Waals surface area (Å²) in [4.78, 5) is 9.94. The second-order valence-corrected chi connectivity index (χ2v) is 4.29. The fourth-order valence-electron chi connectivity index (χ4n) is 2.13. The van der Waals surface area contributed by atoms with E-state index in [4.69, 9.17) is 13.9 Å². The Balaban J connectivity index is 2.80. The van der Waals surface area contributed by atoms with Crippen LogP contribution in [-0.4, -0.2) is 19.1 Å². The largest absolute Gasteiger partial charge is 0.496 e. The zero-order valence-electron chi connectivity index (χ0n) is 11.7. The van der Waals surface area contributed by atoms with Gasteiger partial charge in [0.15, 0.2) is 11.3 Å². The molecule has 0 bridgehead atoms. The van der Waals surface area contributed by atoms with Crippen molar-refractivity contribution in [2.24, 2.45) is 0 Å². The summed E-state index contributed by atoms with van der Waals surface area (Å²) in [5.74, 6) is 1.81. The highest BCUT2D eigenvalue weighted by atomic mass is 16.6. The molecule has 0 unspecified atom stereocenters. The van der Waals surface area contributed by atoms with Crippen LogP contribution < -0.4 is 9.47 Å². The van der Waals surface area contributed by atoms with Crippen molar-refractivity contribution in [3.05, 3.63) is 39.3 Å². The molecule has 1 heterocycles. The quantitative estimate of drug-likeness (QED) is 0.633. The number of fused-ring (bicyclic) bond motifs is 1. The van der Waals surface area contributed by atoms with E-state index in [1.54, 1.807) is 13.2 Å². The Labute approximate surface area is 115 Å². The molecule has 0 aliphatic carbocycles. The summed E-state index contributed by atoms with van der Waals surface area (Å²) < 4.78 is 16.4. The number of furan rings is 1. The molecule has 0 fully saturated rings. The molecular formula is C14H15NO5. The number of nitrogens with zero attached hydrogens (tertiary/aromatic N) is 1. The Hall–Kier alpha value is -2.50. The molecule has 1 aromatic carbocycles. The average molecular weight is 277 g/mol. The van der Waals surface area contributed by atoms with Crippen molar-refractivity contribution in [3.8, 4) is 11.5 Å². The molecule has 0 saturated heterocycles. The van der Waals surface area contributed by atoms with Crippen molar-refractivity contribution in [2.75, 3.05) is 14.2 Å². The summed E-state index contributed by atoms with van der Waals surface area (Å²) in [6.45, 7) is 3.77. The van der Waals surface area contributed by atoms with Crippen LogP contribution in [0.25, 0.3) is 17.0 Å². The zero-order chi connectivity index (χ0) is 14.9. The lowest BCUT2D eigenvalue weighted by atomic mass is 10.1. The van der Waals surface area contributed by atoms with E-state index in [0.717, 1.165) is 22.9 Å². The maximum atomic E-state index is 10.5. The monoisotopic (exact) mass is 277 g/mol. The topological polar surface area (TPSA) is 74.7 Å². The number of hydrogen-bond donors (Lipinski definition) is 0.